The van der Waals surface area contributed by atoms with E-state index in [0.29, 0.717) is 0 Å². The Morgan fingerprint density at radius 1 is 1.09 bits per heavy atom. The first-order valence-electron chi connectivity index (χ1n) is 10.7. The molecule has 0 unspecified atom stereocenters. The minimum Gasteiger partial charge on any atom is -0.386 e. The predicted octanol–water partition coefficient (Wildman–Crippen LogP) is 2.36. The van der Waals surface area contributed by atoms with Crippen molar-refractivity contribution in [2.75, 3.05) is 19.0 Å². The normalized spacial score (nSPS) is 24.4. The van der Waals surface area contributed by atoms with Gasteiger partial charge in [-0.1, -0.05) is 60.7 Å². The molecule has 1 aliphatic rings. The summed E-state index contributed by atoms with van der Waals surface area (Å²) in [7, 11) is 0. The van der Waals surface area contributed by atoms with Crippen LogP contribution >= 0.6 is 0 Å². The first-order chi connectivity index (χ1) is 16.4. The van der Waals surface area contributed by atoms with Gasteiger partial charge in [0.15, 0.2) is 23.5 Å². The second-order valence-corrected chi connectivity index (χ2v) is 8.06. The smallest absolute Gasteiger partial charge is 0.351 e. The summed E-state index contributed by atoms with van der Waals surface area (Å²) in [6.45, 7) is -1.17. The number of aromatic nitrogens is 2. The molecule has 0 radical (unpaired) electrons. The molecule has 1 fully saturated rings. The van der Waals surface area contributed by atoms with Crippen LogP contribution in [0.5, 0.6) is 0 Å². The number of anilines is 1. The highest BCUT2D eigenvalue weighted by atomic mass is 19.1. The standard InChI is InChI=1S/C24H25F2N3O5/c25-14-24(15-32-12-16-7-3-1-4-8-16)20(33-13-17-9-5-2-6-10-17)19(30)22(34-24)29-11-18(26)21(27)28-23(29)31/h1-11,19-20,22,30H,12-15H2,(H2,27,28,31)/t19-,20-,22+,24+/m0/s1. The summed E-state index contributed by atoms with van der Waals surface area (Å²) < 4.78 is 46.9. The van der Waals surface area contributed by atoms with Crippen LogP contribution in [0.25, 0.3) is 0 Å². The number of rotatable bonds is 9. The van der Waals surface area contributed by atoms with Crippen molar-refractivity contribution < 1.29 is 28.1 Å². The molecule has 3 N–H and O–H groups in total. The highest BCUT2D eigenvalue weighted by molar-refractivity contribution is 5.26. The average Bonchev–Trinajstić information content (AvgIpc) is 3.13. The first kappa shape index (κ1) is 24.0. The molecule has 1 saturated heterocycles. The van der Waals surface area contributed by atoms with Crippen LogP contribution in [0, 0.1) is 5.82 Å². The summed E-state index contributed by atoms with van der Waals surface area (Å²) in [5, 5.41) is 11.0. The first-order valence-corrected chi connectivity index (χ1v) is 10.7. The lowest BCUT2D eigenvalue weighted by Gasteiger charge is -2.31. The maximum atomic E-state index is 14.6. The Hall–Kier alpha value is -3.18. The maximum absolute atomic E-state index is 14.6. The lowest BCUT2D eigenvalue weighted by molar-refractivity contribution is -0.165. The van der Waals surface area contributed by atoms with Crippen molar-refractivity contribution in [2.24, 2.45) is 0 Å². The summed E-state index contributed by atoms with van der Waals surface area (Å²) >= 11 is 0. The number of alkyl halides is 1. The third-order valence-corrected chi connectivity index (χ3v) is 5.64. The van der Waals surface area contributed by atoms with Crippen molar-refractivity contribution in [1.82, 2.24) is 9.55 Å². The average molecular weight is 473 g/mol. The molecule has 180 valence electrons. The SMILES string of the molecule is Nc1nc(=O)n([C@@H]2O[C@](CF)(COCc3ccccc3)[C@@H](OCc3ccccc3)[C@@H]2O)cc1F. The van der Waals surface area contributed by atoms with Crippen molar-refractivity contribution in [2.45, 2.75) is 37.3 Å². The van der Waals surface area contributed by atoms with E-state index in [1.54, 1.807) is 0 Å². The topological polar surface area (TPSA) is 109 Å². The van der Waals surface area contributed by atoms with Crippen LogP contribution in [0.3, 0.4) is 0 Å². The van der Waals surface area contributed by atoms with Gasteiger partial charge in [-0.3, -0.25) is 4.57 Å². The van der Waals surface area contributed by atoms with Gasteiger partial charge in [-0.05, 0) is 11.1 Å². The van der Waals surface area contributed by atoms with E-state index >= 15 is 0 Å². The van der Waals surface area contributed by atoms with Gasteiger partial charge in [0.25, 0.3) is 0 Å². The predicted molar refractivity (Wildman–Crippen MR) is 119 cm³/mol. The fourth-order valence-electron chi connectivity index (χ4n) is 3.89. The molecular formula is C24H25F2N3O5. The molecule has 10 heteroatoms. The van der Waals surface area contributed by atoms with Gasteiger partial charge in [0.05, 0.1) is 26.0 Å². The van der Waals surface area contributed by atoms with E-state index in [4.69, 9.17) is 19.9 Å². The third-order valence-electron chi connectivity index (χ3n) is 5.64. The number of nitrogen functional groups attached to an aromatic ring is 1. The molecule has 3 aromatic rings. The maximum Gasteiger partial charge on any atom is 0.351 e. The van der Waals surface area contributed by atoms with Crippen molar-refractivity contribution in [3.63, 3.8) is 0 Å². The van der Waals surface area contributed by atoms with E-state index in [2.05, 4.69) is 4.98 Å². The van der Waals surface area contributed by atoms with Gasteiger partial charge in [-0.2, -0.15) is 4.98 Å². The minimum atomic E-state index is -1.76. The zero-order chi connectivity index (χ0) is 24.1. The van der Waals surface area contributed by atoms with E-state index in [9.17, 15) is 18.7 Å². The van der Waals surface area contributed by atoms with Gasteiger partial charge in [-0.15, -0.1) is 0 Å². The molecule has 4 rings (SSSR count). The van der Waals surface area contributed by atoms with Crippen LogP contribution in [0.15, 0.2) is 71.7 Å². The van der Waals surface area contributed by atoms with E-state index in [1.165, 1.54) is 0 Å². The molecule has 0 aliphatic carbocycles. The van der Waals surface area contributed by atoms with Gasteiger partial charge in [0, 0.05) is 0 Å². The number of nitrogens with two attached hydrogens (primary N) is 1. The molecule has 34 heavy (non-hydrogen) atoms. The molecule has 1 aromatic heterocycles. The highest BCUT2D eigenvalue weighted by Gasteiger charge is 2.57. The zero-order valence-electron chi connectivity index (χ0n) is 18.2. The number of nitrogens with zero attached hydrogens (tertiary/aromatic N) is 2. The van der Waals surface area contributed by atoms with Crippen molar-refractivity contribution in [3.05, 3.63) is 94.3 Å². The monoisotopic (exact) mass is 473 g/mol. The Morgan fingerprint density at radius 2 is 1.71 bits per heavy atom. The van der Waals surface area contributed by atoms with Crippen LogP contribution in [0.1, 0.15) is 17.4 Å². The van der Waals surface area contributed by atoms with Crippen molar-refractivity contribution in [1.29, 1.82) is 0 Å². The summed E-state index contributed by atoms with van der Waals surface area (Å²) in [6.07, 6.45) is -3.45. The molecule has 4 atom stereocenters. The largest absolute Gasteiger partial charge is 0.386 e. The number of aliphatic hydroxyl groups is 1. The molecular weight excluding hydrogens is 448 g/mol. The fraction of sp³-hybridized carbons (Fsp3) is 0.333. The summed E-state index contributed by atoms with van der Waals surface area (Å²) in [5.41, 5.74) is 4.28. The van der Waals surface area contributed by atoms with Gasteiger partial charge in [0.2, 0.25) is 0 Å². The van der Waals surface area contributed by atoms with Crippen LogP contribution in [-0.4, -0.2) is 45.7 Å². The molecule has 1 aliphatic heterocycles. The number of benzene rings is 2. The van der Waals surface area contributed by atoms with Crippen molar-refractivity contribution >= 4 is 5.82 Å². The number of hydrogen-bond acceptors (Lipinski definition) is 7. The van der Waals surface area contributed by atoms with Crippen molar-refractivity contribution in [3.8, 4) is 0 Å². The Morgan fingerprint density at radius 3 is 2.32 bits per heavy atom. The molecule has 0 spiro atoms. The third kappa shape index (κ3) is 5.00. The number of aliphatic hydroxyl groups excluding tert-OH is 1. The number of hydrogen-bond donors (Lipinski definition) is 2. The highest BCUT2D eigenvalue weighted by Crippen LogP contribution is 2.40. The van der Waals surface area contributed by atoms with Crippen LogP contribution in [0.2, 0.25) is 0 Å². The molecule has 2 heterocycles. The van der Waals surface area contributed by atoms with Crippen LogP contribution in [-0.2, 0) is 27.4 Å². The molecule has 8 nitrogen and oxygen atoms in total. The Bertz CT molecular complexity index is 1150. The van der Waals surface area contributed by atoms with E-state index in [-0.39, 0.29) is 19.8 Å². The Balaban J connectivity index is 1.60. The van der Waals surface area contributed by atoms with Gasteiger partial charge in [-0.25, -0.2) is 13.6 Å². The number of halogens is 2. The molecule has 2 aromatic carbocycles. The van der Waals surface area contributed by atoms with Gasteiger partial charge >= 0.3 is 5.69 Å². The van der Waals surface area contributed by atoms with E-state index in [0.717, 1.165) is 21.9 Å². The van der Waals surface area contributed by atoms with Gasteiger partial charge in [0.1, 0.15) is 18.9 Å². The quantitative estimate of drug-likeness (QED) is 0.491. The lowest BCUT2D eigenvalue weighted by atomic mass is 9.97. The van der Waals surface area contributed by atoms with Crippen LogP contribution < -0.4 is 11.4 Å². The Kier molecular flexibility index (Phi) is 7.32. The number of ether oxygens (including phenoxy) is 3. The summed E-state index contributed by atoms with van der Waals surface area (Å²) in [5.74, 6) is -1.57. The van der Waals surface area contributed by atoms with Crippen LogP contribution in [0.4, 0.5) is 14.6 Å². The lowest BCUT2D eigenvalue weighted by Crippen LogP contribution is -2.50. The molecule has 0 bridgehead atoms. The Labute approximate surface area is 194 Å². The van der Waals surface area contributed by atoms with E-state index in [1.807, 2.05) is 60.7 Å². The van der Waals surface area contributed by atoms with Gasteiger partial charge < -0.3 is 25.1 Å². The minimum absolute atomic E-state index is 0.0440. The van der Waals surface area contributed by atoms with E-state index < -0.39 is 48.0 Å². The zero-order valence-corrected chi connectivity index (χ0v) is 18.2. The summed E-state index contributed by atoms with van der Waals surface area (Å²) in [4.78, 5) is 15.8. The second-order valence-electron chi connectivity index (χ2n) is 8.06. The second kappa shape index (κ2) is 10.4. The fourth-order valence-corrected chi connectivity index (χ4v) is 3.89. The molecule has 0 saturated carbocycles. The summed E-state index contributed by atoms with van der Waals surface area (Å²) in [6, 6.07) is 18.3. The molecule has 0 amide bonds.